The first kappa shape index (κ1) is 17.5. The SMILES string of the molecule is CCOCCn1cncc1C(CO)NC(=O)OC(C)(C)C. The third-order valence-corrected chi connectivity index (χ3v) is 2.66. The number of aliphatic hydroxyl groups excluding tert-OH is 1. The summed E-state index contributed by atoms with van der Waals surface area (Å²) in [6.07, 6.45) is 2.69. The lowest BCUT2D eigenvalue weighted by Gasteiger charge is -2.23. The molecule has 120 valence electrons. The van der Waals surface area contributed by atoms with E-state index in [1.54, 1.807) is 33.3 Å². The normalized spacial score (nSPS) is 13.0. The number of nitrogens with one attached hydrogen (secondary N) is 1. The Morgan fingerprint density at radius 3 is 2.81 bits per heavy atom. The van der Waals surface area contributed by atoms with Crippen molar-refractivity contribution in [1.82, 2.24) is 14.9 Å². The molecule has 21 heavy (non-hydrogen) atoms. The lowest BCUT2D eigenvalue weighted by atomic mass is 10.2. The van der Waals surface area contributed by atoms with Crippen LogP contribution in [0.5, 0.6) is 0 Å². The minimum absolute atomic E-state index is 0.237. The summed E-state index contributed by atoms with van der Waals surface area (Å²) in [4.78, 5) is 15.9. The zero-order valence-corrected chi connectivity index (χ0v) is 13.1. The minimum atomic E-state index is -0.584. The van der Waals surface area contributed by atoms with E-state index in [0.29, 0.717) is 25.5 Å². The lowest BCUT2D eigenvalue weighted by molar-refractivity contribution is 0.0478. The summed E-state index contributed by atoms with van der Waals surface area (Å²) in [5.41, 5.74) is 0.127. The number of hydrogen-bond acceptors (Lipinski definition) is 5. The first-order valence-corrected chi connectivity index (χ1v) is 7.05. The van der Waals surface area contributed by atoms with E-state index in [1.165, 1.54) is 0 Å². The fraction of sp³-hybridized carbons (Fsp3) is 0.714. The van der Waals surface area contributed by atoms with Crippen LogP contribution in [0.3, 0.4) is 0 Å². The van der Waals surface area contributed by atoms with Crippen LogP contribution in [0.4, 0.5) is 4.79 Å². The van der Waals surface area contributed by atoms with Crippen molar-refractivity contribution in [1.29, 1.82) is 0 Å². The number of nitrogens with zero attached hydrogens (tertiary/aromatic N) is 2. The molecule has 0 fully saturated rings. The van der Waals surface area contributed by atoms with Crippen molar-refractivity contribution in [2.45, 2.75) is 45.9 Å². The number of aliphatic hydroxyl groups is 1. The van der Waals surface area contributed by atoms with Gasteiger partial charge in [0.25, 0.3) is 0 Å². The molecule has 0 aliphatic carbocycles. The maximum Gasteiger partial charge on any atom is 0.408 e. The zero-order chi connectivity index (χ0) is 15.9. The molecule has 0 saturated carbocycles. The third kappa shape index (κ3) is 6.14. The average Bonchev–Trinajstić information content (AvgIpc) is 2.82. The fourth-order valence-electron chi connectivity index (χ4n) is 1.78. The summed E-state index contributed by atoms with van der Waals surface area (Å²) in [6.45, 7) is 8.84. The number of carbonyl (C=O) groups excluding carboxylic acids is 1. The number of rotatable bonds is 7. The van der Waals surface area contributed by atoms with Gasteiger partial charge in [-0.15, -0.1) is 0 Å². The highest BCUT2D eigenvalue weighted by Crippen LogP contribution is 2.14. The lowest BCUT2D eigenvalue weighted by Crippen LogP contribution is -2.37. The molecule has 2 N–H and O–H groups in total. The van der Waals surface area contributed by atoms with Crippen LogP contribution in [0.15, 0.2) is 12.5 Å². The van der Waals surface area contributed by atoms with Crippen LogP contribution in [0.2, 0.25) is 0 Å². The van der Waals surface area contributed by atoms with Crippen LogP contribution in [0.25, 0.3) is 0 Å². The molecule has 1 amide bonds. The Kier molecular flexibility index (Phi) is 6.64. The number of amides is 1. The van der Waals surface area contributed by atoms with Crippen LogP contribution in [-0.4, -0.2) is 46.2 Å². The quantitative estimate of drug-likeness (QED) is 0.745. The predicted molar refractivity (Wildman–Crippen MR) is 77.9 cm³/mol. The van der Waals surface area contributed by atoms with E-state index in [4.69, 9.17) is 9.47 Å². The second kappa shape index (κ2) is 7.99. The maximum absolute atomic E-state index is 11.8. The number of aromatic nitrogens is 2. The molecule has 1 atom stereocenters. The van der Waals surface area contributed by atoms with Crippen molar-refractivity contribution in [2.24, 2.45) is 0 Å². The van der Waals surface area contributed by atoms with Crippen molar-refractivity contribution >= 4 is 6.09 Å². The largest absolute Gasteiger partial charge is 0.444 e. The molecule has 7 heteroatoms. The summed E-state index contributed by atoms with van der Waals surface area (Å²) < 4.78 is 12.3. The van der Waals surface area contributed by atoms with Crippen molar-refractivity contribution < 1.29 is 19.4 Å². The van der Waals surface area contributed by atoms with Crippen LogP contribution in [0, 0.1) is 0 Å². The van der Waals surface area contributed by atoms with Crippen molar-refractivity contribution in [3.8, 4) is 0 Å². The van der Waals surface area contributed by atoms with E-state index >= 15 is 0 Å². The van der Waals surface area contributed by atoms with E-state index in [2.05, 4.69) is 10.3 Å². The molecule has 0 aliphatic heterocycles. The second-order valence-corrected chi connectivity index (χ2v) is 5.59. The number of imidazole rings is 1. The van der Waals surface area contributed by atoms with Gasteiger partial charge in [0.1, 0.15) is 5.60 Å². The monoisotopic (exact) mass is 299 g/mol. The van der Waals surface area contributed by atoms with Gasteiger partial charge in [0.15, 0.2) is 0 Å². The van der Waals surface area contributed by atoms with Crippen molar-refractivity contribution in [3.05, 3.63) is 18.2 Å². The molecule has 7 nitrogen and oxygen atoms in total. The zero-order valence-electron chi connectivity index (χ0n) is 13.1. The highest BCUT2D eigenvalue weighted by atomic mass is 16.6. The van der Waals surface area contributed by atoms with Gasteiger partial charge in [-0.25, -0.2) is 9.78 Å². The van der Waals surface area contributed by atoms with Gasteiger partial charge in [-0.3, -0.25) is 0 Å². The molecule has 0 radical (unpaired) electrons. The van der Waals surface area contributed by atoms with Gasteiger partial charge in [-0.2, -0.15) is 0 Å². The van der Waals surface area contributed by atoms with E-state index in [9.17, 15) is 9.90 Å². The molecule has 0 bridgehead atoms. The summed E-state index contributed by atoms with van der Waals surface area (Å²) in [6, 6.07) is -0.566. The van der Waals surface area contributed by atoms with Gasteiger partial charge in [0.05, 0.1) is 37.5 Å². The molecular formula is C14H25N3O4. The molecule has 0 aliphatic rings. The van der Waals surface area contributed by atoms with Gasteiger partial charge < -0.3 is 24.5 Å². The van der Waals surface area contributed by atoms with Crippen LogP contribution >= 0.6 is 0 Å². The molecule has 1 aromatic rings. The molecule has 1 rings (SSSR count). The first-order valence-electron chi connectivity index (χ1n) is 7.05. The molecule has 0 saturated heterocycles. The van der Waals surface area contributed by atoms with Crippen molar-refractivity contribution in [3.63, 3.8) is 0 Å². The van der Waals surface area contributed by atoms with Crippen LogP contribution < -0.4 is 5.32 Å². The standard InChI is InChI=1S/C14H25N3O4/c1-5-20-7-6-17-10-15-8-12(17)11(9-18)16-13(19)21-14(2,3)4/h8,10-11,18H,5-7,9H2,1-4H3,(H,16,19). The smallest absolute Gasteiger partial charge is 0.408 e. The van der Waals surface area contributed by atoms with Crippen LogP contribution in [-0.2, 0) is 16.0 Å². The van der Waals surface area contributed by atoms with Gasteiger partial charge in [-0.05, 0) is 27.7 Å². The molecular weight excluding hydrogens is 274 g/mol. The summed E-state index contributed by atoms with van der Waals surface area (Å²) >= 11 is 0. The van der Waals surface area contributed by atoms with Gasteiger partial charge in [0, 0.05) is 13.2 Å². The summed E-state index contributed by atoms with van der Waals surface area (Å²) in [5, 5.41) is 12.1. The molecule has 0 aromatic carbocycles. The maximum atomic E-state index is 11.8. The van der Waals surface area contributed by atoms with Gasteiger partial charge >= 0.3 is 6.09 Å². The Labute approximate surface area is 125 Å². The molecule has 1 unspecified atom stereocenters. The Morgan fingerprint density at radius 1 is 1.52 bits per heavy atom. The van der Waals surface area contributed by atoms with E-state index in [0.717, 1.165) is 0 Å². The Bertz CT molecular complexity index is 440. The van der Waals surface area contributed by atoms with Crippen molar-refractivity contribution in [2.75, 3.05) is 19.8 Å². The topological polar surface area (TPSA) is 85.6 Å². The number of ether oxygens (including phenoxy) is 2. The second-order valence-electron chi connectivity index (χ2n) is 5.59. The number of alkyl carbamates (subject to hydrolysis) is 1. The van der Waals surface area contributed by atoms with E-state index in [-0.39, 0.29) is 6.61 Å². The van der Waals surface area contributed by atoms with Crippen LogP contribution in [0.1, 0.15) is 39.4 Å². The highest BCUT2D eigenvalue weighted by Gasteiger charge is 2.22. The summed E-state index contributed by atoms with van der Waals surface area (Å²) in [5.74, 6) is 0. The molecule has 1 heterocycles. The Morgan fingerprint density at radius 2 is 2.24 bits per heavy atom. The molecule has 0 spiro atoms. The average molecular weight is 299 g/mol. The van der Waals surface area contributed by atoms with Gasteiger partial charge in [0.2, 0.25) is 0 Å². The summed E-state index contributed by atoms with van der Waals surface area (Å²) in [7, 11) is 0. The fourth-order valence-corrected chi connectivity index (χ4v) is 1.78. The van der Waals surface area contributed by atoms with E-state index in [1.807, 2.05) is 11.5 Å². The molecule has 1 aromatic heterocycles. The minimum Gasteiger partial charge on any atom is -0.444 e. The Hall–Kier alpha value is -1.60. The number of carbonyl (C=O) groups is 1. The highest BCUT2D eigenvalue weighted by molar-refractivity contribution is 5.68. The number of hydrogen-bond donors (Lipinski definition) is 2. The predicted octanol–water partition coefficient (Wildman–Crippen LogP) is 1.48. The first-order chi connectivity index (χ1) is 9.87. The van der Waals surface area contributed by atoms with E-state index < -0.39 is 17.7 Å². The Balaban J connectivity index is 2.67. The third-order valence-electron chi connectivity index (χ3n) is 2.66. The van der Waals surface area contributed by atoms with Gasteiger partial charge in [-0.1, -0.05) is 0 Å².